The van der Waals surface area contributed by atoms with E-state index in [-0.39, 0.29) is 5.25 Å². The van der Waals surface area contributed by atoms with Crippen LogP contribution in [0.1, 0.15) is 32.1 Å². The average molecular weight is 233 g/mol. The third-order valence-corrected chi connectivity index (χ3v) is 5.42. The second kappa shape index (κ2) is 3.75. The van der Waals surface area contributed by atoms with E-state index in [2.05, 4.69) is 0 Å². The smallest absolute Gasteiger partial charge is 0.322 e. The van der Waals surface area contributed by atoms with Gasteiger partial charge in [0.15, 0.2) is 0 Å². The molecule has 2 rings (SSSR count). The quantitative estimate of drug-likeness (QED) is 0.766. The standard InChI is InChI=1S/C9H15NO4S/c11-9(12)8-3-1-2-6-10(8)15(13,14)7-4-5-7/h7-8H,1-6H2,(H,11,12)/t8-/m1/s1. The number of rotatable bonds is 3. The van der Waals surface area contributed by atoms with Crippen molar-refractivity contribution in [1.29, 1.82) is 0 Å². The van der Waals surface area contributed by atoms with Crippen LogP contribution in [0.4, 0.5) is 0 Å². The first-order valence-electron chi connectivity index (χ1n) is 5.27. The molecule has 1 N–H and O–H groups in total. The van der Waals surface area contributed by atoms with Crippen molar-refractivity contribution in [3.05, 3.63) is 0 Å². The number of nitrogens with zero attached hydrogens (tertiary/aromatic N) is 1. The van der Waals surface area contributed by atoms with Gasteiger partial charge in [-0.1, -0.05) is 0 Å². The largest absolute Gasteiger partial charge is 0.480 e. The summed E-state index contributed by atoms with van der Waals surface area (Å²) in [5, 5.41) is 8.66. The first kappa shape index (κ1) is 10.9. The van der Waals surface area contributed by atoms with E-state index in [9.17, 15) is 13.2 Å². The van der Waals surface area contributed by atoms with Gasteiger partial charge in [-0.25, -0.2) is 8.42 Å². The number of carboxylic acid groups (broad SMARTS) is 1. The molecule has 1 saturated heterocycles. The monoisotopic (exact) mass is 233 g/mol. The Morgan fingerprint density at radius 3 is 2.40 bits per heavy atom. The summed E-state index contributed by atoms with van der Waals surface area (Å²) < 4.78 is 25.1. The summed E-state index contributed by atoms with van der Waals surface area (Å²) >= 11 is 0. The van der Waals surface area contributed by atoms with Crippen molar-refractivity contribution < 1.29 is 18.3 Å². The molecule has 2 fully saturated rings. The van der Waals surface area contributed by atoms with Gasteiger partial charge < -0.3 is 5.11 Å². The fraction of sp³-hybridized carbons (Fsp3) is 0.889. The third kappa shape index (κ3) is 2.01. The van der Waals surface area contributed by atoms with Crippen molar-refractivity contribution in [2.75, 3.05) is 6.54 Å². The molecule has 0 spiro atoms. The Bertz CT molecular complexity index is 360. The number of carboxylic acids is 1. The zero-order chi connectivity index (χ0) is 11.1. The summed E-state index contributed by atoms with van der Waals surface area (Å²) in [4.78, 5) is 10.9. The van der Waals surface area contributed by atoms with Gasteiger partial charge in [0.05, 0.1) is 5.25 Å². The minimum atomic E-state index is -3.33. The minimum absolute atomic E-state index is 0.308. The van der Waals surface area contributed by atoms with Crippen molar-refractivity contribution in [3.63, 3.8) is 0 Å². The fourth-order valence-corrected chi connectivity index (χ4v) is 4.06. The first-order chi connectivity index (χ1) is 7.03. The van der Waals surface area contributed by atoms with E-state index >= 15 is 0 Å². The van der Waals surface area contributed by atoms with Gasteiger partial charge in [-0.15, -0.1) is 0 Å². The van der Waals surface area contributed by atoms with Gasteiger partial charge in [-0.05, 0) is 32.1 Å². The molecule has 0 bridgehead atoms. The molecule has 0 aromatic rings. The molecule has 2 aliphatic rings. The van der Waals surface area contributed by atoms with Crippen LogP contribution in [0.3, 0.4) is 0 Å². The Kier molecular flexibility index (Phi) is 2.72. The highest BCUT2D eigenvalue weighted by molar-refractivity contribution is 7.90. The van der Waals surface area contributed by atoms with Crippen LogP contribution in [-0.4, -0.2) is 41.6 Å². The van der Waals surface area contributed by atoms with Crippen LogP contribution >= 0.6 is 0 Å². The van der Waals surface area contributed by atoms with E-state index in [1.807, 2.05) is 0 Å². The van der Waals surface area contributed by atoms with Crippen molar-refractivity contribution in [2.24, 2.45) is 0 Å². The SMILES string of the molecule is O=C(O)[C@H]1CCCCN1S(=O)(=O)C1CC1. The minimum Gasteiger partial charge on any atom is -0.480 e. The lowest BCUT2D eigenvalue weighted by Crippen LogP contribution is -2.49. The molecular weight excluding hydrogens is 218 g/mol. The lowest BCUT2D eigenvalue weighted by Gasteiger charge is -2.31. The average Bonchev–Trinajstić information content (AvgIpc) is 3.01. The number of carbonyl (C=O) groups is 1. The predicted octanol–water partition coefficient (Wildman–Crippen LogP) is 0.418. The Balaban J connectivity index is 2.20. The highest BCUT2D eigenvalue weighted by atomic mass is 32.2. The van der Waals surface area contributed by atoms with Gasteiger partial charge in [-0.2, -0.15) is 4.31 Å². The van der Waals surface area contributed by atoms with Crippen LogP contribution in [-0.2, 0) is 14.8 Å². The topological polar surface area (TPSA) is 74.7 Å². The van der Waals surface area contributed by atoms with Crippen LogP contribution in [0, 0.1) is 0 Å². The van der Waals surface area contributed by atoms with Gasteiger partial charge in [0.2, 0.25) is 10.0 Å². The molecule has 5 nitrogen and oxygen atoms in total. The first-order valence-corrected chi connectivity index (χ1v) is 6.77. The third-order valence-electron chi connectivity index (χ3n) is 3.01. The molecule has 6 heteroatoms. The van der Waals surface area contributed by atoms with Gasteiger partial charge in [0, 0.05) is 6.54 Å². The van der Waals surface area contributed by atoms with E-state index in [1.54, 1.807) is 0 Å². The van der Waals surface area contributed by atoms with Gasteiger partial charge in [0.25, 0.3) is 0 Å². The van der Waals surface area contributed by atoms with Crippen molar-refractivity contribution in [3.8, 4) is 0 Å². The van der Waals surface area contributed by atoms with E-state index in [0.29, 0.717) is 25.8 Å². The van der Waals surface area contributed by atoms with E-state index < -0.39 is 22.0 Å². The molecule has 0 aromatic carbocycles. The summed E-state index contributed by atoms with van der Waals surface area (Å²) in [6, 6.07) is -0.829. The number of sulfonamides is 1. The molecule has 1 saturated carbocycles. The molecule has 0 aromatic heterocycles. The maximum Gasteiger partial charge on any atom is 0.322 e. The zero-order valence-corrected chi connectivity index (χ0v) is 9.24. The molecule has 1 aliphatic heterocycles. The number of aliphatic carboxylic acids is 1. The van der Waals surface area contributed by atoms with Gasteiger partial charge >= 0.3 is 5.97 Å². The number of piperidine rings is 1. The van der Waals surface area contributed by atoms with Crippen LogP contribution in [0.5, 0.6) is 0 Å². The number of hydrogen-bond acceptors (Lipinski definition) is 3. The lowest BCUT2D eigenvalue weighted by atomic mass is 10.1. The maximum atomic E-state index is 11.9. The molecule has 15 heavy (non-hydrogen) atoms. The summed E-state index contributed by atoms with van der Waals surface area (Å²) in [7, 11) is -3.33. The molecule has 1 aliphatic carbocycles. The summed E-state index contributed by atoms with van der Waals surface area (Å²) in [5.74, 6) is -1.01. The molecule has 0 radical (unpaired) electrons. The van der Waals surface area contributed by atoms with Crippen LogP contribution in [0.15, 0.2) is 0 Å². The van der Waals surface area contributed by atoms with Crippen LogP contribution < -0.4 is 0 Å². The van der Waals surface area contributed by atoms with E-state index in [4.69, 9.17) is 5.11 Å². The summed E-state index contributed by atoms with van der Waals surface area (Å²) in [5.41, 5.74) is 0. The second-order valence-electron chi connectivity index (χ2n) is 4.20. The molecule has 0 amide bonds. The fourth-order valence-electron chi connectivity index (χ4n) is 2.01. The van der Waals surface area contributed by atoms with Gasteiger partial charge in [0.1, 0.15) is 6.04 Å². The van der Waals surface area contributed by atoms with Crippen LogP contribution in [0.25, 0.3) is 0 Å². The van der Waals surface area contributed by atoms with Crippen LogP contribution in [0.2, 0.25) is 0 Å². The van der Waals surface area contributed by atoms with Gasteiger partial charge in [-0.3, -0.25) is 4.79 Å². The highest BCUT2D eigenvalue weighted by Gasteiger charge is 2.45. The summed E-state index contributed by atoms with van der Waals surface area (Å²) in [6.07, 6.45) is 3.39. The molecule has 1 heterocycles. The molecular formula is C9H15NO4S. The van der Waals surface area contributed by atoms with Crippen molar-refractivity contribution in [2.45, 2.75) is 43.4 Å². The van der Waals surface area contributed by atoms with Crippen molar-refractivity contribution >= 4 is 16.0 Å². The molecule has 1 atom stereocenters. The normalized spacial score (nSPS) is 28.9. The second-order valence-corrected chi connectivity index (χ2v) is 6.37. The lowest BCUT2D eigenvalue weighted by molar-refractivity contribution is -0.142. The Hall–Kier alpha value is -0.620. The van der Waals surface area contributed by atoms with Crippen molar-refractivity contribution in [1.82, 2.24) is 4.31 Å². The van der Waals surface area contributed by atoms with E-state index in [1.165, 1.54) is 4.31 Å². The summed E-state index contributed by atoms with van der Waals surface area (Å²) in [6.45, 7) is 0.371. The highest BCUT2D eigenvalue weighted by Crippen LogP contribution is 2.34. The predicted molar refractivity (Wildman–Crippen MR) is 53.9 cm³/mol. The number of hydrogen-bond donors (Lipinski definition) is 1. The zero-order valence-electron chi connectivity index (χ0n) is 8.42. The maximum absolute atomic E-state index is 11.9. The Morgan fingerprint density at radius 2 is 1.87 bits per heavy atom. The Labute approximate surface area is 89.1 Å². The Morgan fingerprint density at radius 1 is 1.20 bits per heavy atom. The molecule has 0 unspecified atom stereocenters. The van der Waals surface area contributed by atoms with E-state index in [0.717, 1.165) is 12.8 Å². The molecule has 86 valence electrons.